The van der Waals surface area contributed by atoms with Crippen LogP contribution in [0.2, 0.25) is 5.02 Å². The fourth-order valence-electron chi connectivity index (χ4n) is 3.28. The molecule has 7 nitrogen and oxygen atoms in total. The zero-order valence-electron chi connectivity index (χ0n) is 15.2. The topological polar surface area (TPSA) is 84.7 Å². The third kappa shape index (κ3) is 4.17. The highest BCUT2D eigenvalue weighted by Crippen LogP contribution is 2.36. The predicted octanol–water partition coefficient (Wildman–Crippen LogP) is 4.25. The number of anilines is 2. The first kappa shape index (κ1) is 19.9. The van der Waals surface area contributed by atoms with Crippen molar-refractivity contribution < 1.29 is 18.8 Å². The van der Waals surface area contributed by atoms with Crippen molar-refractivity contribution in [1.82, 2.24) is 0 Å². The number of nitro groups is 1. The summed E-state index contributed by atoms with van der Waals surface area (Å²) in [5, 5.41) is 14.8. The molecule has 0 aliphatic carbocycles. The van der Waals surface area contributed by atoms with E-state index in [9.17, 15) is 19.3 Å². The first-order chi connectivity index (χ1) is 13.4. The quantitative estimate of drug-likeness (QED) is 0.453. The molecule has 3 rings (SSSR count). The molecule has 2 aromatic rings. The molecule has 0 spiro atoms. The Balaban J connectivity index is 1.76. The highest BCUT2D eigenvalue weighted by molar-refractivity contribution is 6.34. The zero-order valence-corrected chi connectivity index (χ0v) is 15.9. The number of nitrogens with zero attached hydrogens (tertiary/aromatic N) is 2. The van der Waals surface area contributed by atoms with E-state index in [0.717, 1.165) is 6.07 Å². The van der Waals surface area contributed by atoms with Gasteiger partial charge >= 0.3 is 5.97 Å². The summed E-state index contributed by atoms with van der Waals surface area (Å²) in [5.41, 5.74) is 0.547. The van der Waals surface area contributed by atoms with Gasteiger partial charge in [0.05, 0.1) is 28.3 Å². The second kappa shape index (κ2) is 8.43. The van der Waals surface area contributed by atoms with Crippen molar-refractivity contribution in [3.05, 3.63) is 62.9 Å². The number of halogens is 2. The van der Waals surface area contributed by atoms with Crippen molar-refractivity contribution in [2.24, 2.45) is 0 Å². The number of ether oxygens (including phenoxy) is 1. The van der Waals surface area contributed by atoms with Crippen molar-refractivity contribution >= 4 is 34.6 Å². The second-order valence-electron chi connectivity index (χ2n) is 6.45. The molecule has 2 aromatic carbocycles. The van der Waals surface area contributed by atoms with Gasteiger partial charge in [-0.1, -0.05) is 23.7 Å². The van der Waals surface area contributed by atoms with Crippen molar-refractivity contribution in [3.8, 4) is 0 Å². The third-order valence-corrected chi connectivity index (χ3v) is 5.05. The number of rotatable bonds is 5. The minimum atomic E-state index is -0.729. The summed E-state index contributed by atoms with van der Waals surface area (Å²) < 4.78 is 18.4. The summed E-state index contributed by atoms with van der Waals surface area (Å²) in [4.78, 5) is 24.6. The third-order valence-electron chi connectivity index (χ3n) is 4.74. The Morgan fingerprint density at radius 2 is 2.00 bits per heavy atom. The van der Waals surface area contributed by atoms with Crippen LogP contribution in [0.15, 0.2) is 36.4 Å². The number of piperidine rings is 1. The molecule has 1 saturated heterocycles. The number of carbonyl (C=O) groups is 1. The van der Waals surface area contributed by atoms with E-state index in [0.29, 0.717) is 37.3 Å². The Morgan fingerprint density at radius 3 is 2.61 bits per heavy atom. The number of para-hydroxylation sites is 1. The maximum atomic E-state index is 13.8. The van der Waals surface area contributed by atoms with Gasteiger partial charge in [0.2, 0.25) is 0 Å². The van der Waals surface area contributed by atoms with Gasteiger partial charge in [0, 0.05) is 25.2 Å². The van der Waals surface area contributed by atoms with Crippen LogP contribution < -0.4 is 10.2 Å². The van der Waals surface area contributed by atoms with Crippen LogP contribution in [0.5, 0.6) is 0 Å². The first-order valence-electron chi connectivity index (χ1n) is 8.73. The predicted molar refractivity (Wildman–Crippen MR) is 105 cm³/mol. The Morgan fingerprint density at radius 1 is 1.32 bits per heavy atom. The average Bonchev–Trinajstić information content (AvgIpc) is 2.69. The lowest BCUT2D eigenvalue weighted by atomic mass is 10.0. The molecule has 148 valence electrons. The molecule has 0 amide bonds. The van der Waals surface area contributed by atoms with Gasteiger partial charge < -0.3 is 15.0 Å². The van der Waals surface area contributed by atoms with E-state index < -0.39 is 10.9 Å². The van der Waals surface area contributed by atoms with E-state index in [4.69, 9.17) is 11.6 Å². The van der Waals surface area contributed by atoms with Gasteiger partial charge in [-0.25, -0.2) is 9.18 Å². The van der Waals surface area contributed by atoms with Crippen molar-refractivity contribution in [2.45, 2.75) is 18.9 Å². The van der Waals surface area contributed by atoms with Gasteiger partial charge in [-0.15, -0.1) is 0 Å². The molecule has 0 unspecified atom stereocenters. The summed E-state index contributed by atoms with van der Waals surface area (Å²) in [7, 11) is 1.19. The minimum absolute atomic E-state index is 0.0456. The molecule has 1 heterocycles. The highest BCUT2D eigenvalue weighted by Gasteiger charge is 2.28. The van der Waals surface area contributed by atoms with Gasteiger partial charge in [0.25, 0.3) is 5.69 Å². The summed E-state index contributed by atoms with van der Waals surface area (Å²) in [6, 6.07) is 9.09. The van der Waals surface area contributed by atoms with Gasteiger partial charge in [-0.05, 0) is 31.0 Å². The molecular weight excluding hydrogens is 389 g/mol. The van der Waals surface area contributed by atoms with Gasteiger partial charge in [0.15, 0.2) is 0 Å². The van der Waals surface area contributed by atoms with Crippen LogP contribution in [0.1, 0.15) is 23.2 Å². The fourth-order valence-corrected chi connectivity index (χ4v) is 3.52. The molecule has 1 aliphatic rings. The normalized spacial score (nSPS) is 14.6. The van der Waals surface area contributed by atoms with E-state index in [2.05, 4.69) is 10.1 Å². The van der Waals surface area contributed by atoms with E-state index >= 15 is 0 Å². The molecule has 28 heavy (non-hydrogen) atoms. The van der Waals surface area contributed by atoms with Crippen molar-refractivity contribution in [2.75, 3.05) is 30.4 Å². The van der Waals surface area contributed by atoms with Crippen molar-refractivity contribution in [1.29, 1.82) is 0 Å². The standard InChI is InChI=1S/C19H19ClFN3O4/c1-28-19(25)13-10-18(24(26)27)17(11-14(13)20)23-8-6-12(7-9-23)22-16-5-3-2-4-15(16)21/h2-5,10-12,22H,6-9H2,1H3. The van der Waals surface area contributed by atoms with Crippen LogP contribution in [0.25, 0.3) is 0 Å². The van der Waals surface area contributed by atoms with Gasteiger partial charge in [-0.3, -0.25) is 10.1 Å². The van der Waals surface area contributed by atoms with Crippen LogP contribution in [0, 0.1) is 15.9 Å². The number of esters is 1. The molecular formula is C19H19ClFN3O4. The molecule has 1 N–H and O–H groups in total. The summed E-state index contributed by atoms with van der Waals surface area (Å²) >= 11 is 6.15. The van der Waals surface area contributed by atoms with Gasteiger partial charge in [0.1, 0.15) is 11.5 Å². The smallest absolute Gasteiger partial charge is 0.339 e. The van der Waals surface area contributed by atoms with Crippen LogP contribution in [-0.2, 0) is 4.74 Å². The molecule has 0 radical (unpaired) electrons. The lowest BCUT2D eigenvalue weighted by Gasteiger charge is -2.34. The number of methoxy groups -OCH3 is 1. The molecule has 0 bridgehead atoms. The zero-order chi connectivity index (χ0) is 20.3. The Bertz CT molecular complexity index is 901. The number of benzene rings is 2. The number of nitrogens with one attached hydrogen (secondary N) is 1. The number of hydrogen-bond acceptors (Lipinski definition) is 6. The van der Waals surface area contributed by atoms with Crippen LogP contribution in [0.4, 0.5) is 21.5 Å². The molecule has 0 aromatic heterocycles. The van der Waals surface area contributed by atoms with Crippen LogP contribution >= 0.6 is 11.6 Å². The monoisotopic (exact) mass is 407 g/mol. The largest absolute Gasteiger partial charge is 0.465 e. The Kier molecular flexibility index (Phi) is 5.99. The van der Waals surface area contributed by atoms with Crippen LogP contribution in [-0.4, -0.2) is 37.1 Å². The molecule has 0 saturated carbocycles. The average molecular weight is 408 g/mol. The molecule has 1 aliphatic heterocycles. The lowest BCUT2D eigenvalue weighted by molar-refractivity contribution is -0.384. The maximum Gasteiger partial charge on any atom is 0.339 e. The van der Waals surface area contributed by atoms with E-state index in [-0.39, 0.29) is 28.1 Å². The minimum Gasteiger partial charge on any atom is -0.465 e. The second-order valence-corrected chi connectivity index (χ2v) is 6.86. The first-order valence-corrected chi connectivity index (χ1v) is 9.10. The lowest BCUT2D eigenvalue weighted by Crippen LogP contribution is -2.39. The molecule has 9 heteroatoms. The summed E-state index contributed by atoms with van der Waals surface area (Å²) in [6.07, 6.45) is 1.34. The van der Waals surface area contributed by atoms with E-state index in [1.54, 1.807) is 18.2 Å². The highest BCUT2D eigenvalue weighted by atomic mass is 35.5. The number of carbonyl (C=O) groups excluding carboxylic acids is 1. The summed E-state index contributed by atoms with van der Waals surface area (Å²) in [5.74, 6) is -1.04. The van der Waals surface area contributed by atoms with Gasteiger partial charge in [-0.2, -0.15) is 0 Å². The SMILES string of the molecule is COC(=O)c1cc([N+](=O)[O-])c(N2CCC(Nc3ccccc3F)CC2)cc1Cl. The number of nitro benzene ring substituents is 1. The summed E-state index contributed by atoms with van der Waals surface area (Å²) in [6.45, 7) is 1.06. The van der Waals surface area contributed by atoms with E-state index in [1.807, 2.05) is 4.90 Å². The van der Waals surface area contributed by atoms with Crippen molar-refractivity contribution in [3.63, 3.8) is 0 Å². The fraction of sp³-hybridized carbons (Fsp3) is 0.316. The Labute approximate surface area is 166 Å². The number of hydrogen-bond donors (Lipinski definition) is 1. The van der Waals surface area contributed by atoms with Crippen LogP contribution in [0.3, 0.4) is 0 Å². The Hall–Kier alpha value is -2.87. The maximum absolute atomic E-state index is 13.8. The molecule has 1 fully saturated rings. The van der Waals surface area contributed by atoms with E-state index in [1.165, 1.54) is 19.2 Å². The molecule has 0 atom stereocenters.